The van der Waals surface area contributed by atoms with Crippen LogP contribution >= 0.6 is 0 Å². The van der Waals surface area contributed by atoms with E-state index in [1.165, 1.54) is 18.2 Å². The van der Waals surface area contributed by atoms with E-state index in [1.54, 1.807) is 25.3 Å². The average Bonchev–Trinajstić information content (AvgIpc) is 2.59. The van der Waals surface area contributed by atoms with Crippen molar-refractivity contribution in [3.63, 3.8) is 0 Å². The van der Waals surface area contributed by atoms with Crippen LogP contribution in [0.2, 0.25) is 0 Å². The molecule has 0 unspecified atom stereocenters. The maximum atomic E-state index is 12.1. The number of hydrogen-bond acceptors (Lipinski definition) is 3. The van der Waals surface area contributed by atoms with Crippen LogP contribution in [0.5, 0.6) is 11.5 Å². The lowest BCUT2D eigenvalue weighted by atomic mass is 10.2. The van der Waals surface area contributed by atoms with Gasteiger partial charge in [0, 0.05) is 12.6 Å². The van der Waals surface area contributed by atoms with Gasteiger partial charge in [-0.25, -0.2) is 0 Å². The Morgan fingerprint density at radius 1 is 1.17 bits per heavy atom. The summed E-state index contributed by atoms with van der Waals surface area (Å²) in [6.45, 7) is -2.48. The van der Waals surface area contributed by atoms with Crippen molar-refractivity contribution in [1.29, 1.82) is 0 Å². The summed E-state index contributed by atoms with van der Waals surface area (Å²) < 4.78 is 33.5. The Morgan fingerprint density at radius 2 is 1.92 bits per heavy atom. The molecular weight excluding hydrogens is 316 g/mol. The molecule has 0 aliphatic carbocycles. The van der Waals surface area contributed by atoms with Gasteiger partial charge >= 0.3 is 6.61 Å². The van der Waals surface area contributed by atoms with E-state index in [0.717, 1.165) is 11.3 Å². The van der Waals surface area contributed by atoms with Gasteiger partial charge in [-0.15, -0.1) is 0 Å². The molecule has 0 heterocycles. The molecule has 2 aromatic carbocycles. The first kappa shape index (κ1) is 17.5. The number of nitrogens with one attached hydrogen (secondary N) is 1. The standard InChI is InChI=1S/C18H17F2NO3/c1-23-16-4-2-3-14(11-16)12-21-17(22)10-7-13-5-8-15(9-6-13)24-18(19)20/h2-11,18H,12H2,1H3,(H,21,22)/b10-7+. The number of amides is 1. The highest BCUT2D eigenvalue weighted by atomic mass is 19.3. The minimum absolute atomic E-state index is 0.0737. The first-order valence-corrected chi connectivity index (χ1v) is 7.20. The molecule has 2 rings (SSSR count). The van der Waals surface area contributed by atoms with E-state index in [0.29, 0.717) is 12.1 Å². The van der Waals surface area contributed by atoms with Gasteiger partial charge in [-0.05, 0) is 41.5 Å². The number of hydrogen-bond donors (Lipinski definition) is 1. The minimum Gasteiger partial charge on any atom is -0.497 e. The number of rotatable bonds is 7. The molecule has 0 bridgehead atoms. The smallest absolute Gasteiger partial charge is 0.387 e. The lowest BCUT2D eigenvalue weighted by Crippen LogP contribution is -2.20. The number of halogens is 2. The fraction of sp³-hybridized carbons (Fsp3) is 0.167. The molecule has 0 saturated heterocycles. The largest absolute Gasteiger partial charge is 0.497 e. The van der Waals surface area contributed by atoms with Gasteiger partial charge in [0.15, 0.2) is 0 Å². The predicted octanol–water partition coefficient (Wildman–Crippen LogP) is 3.63. The van der Waals surface area contributed by atoms with Crippen molar-refractivity contribution in [3.8, 4) is 11.5 Å². The molecule has 1 amide bonds. The predicted molar refractivity (Wildman–Crippen MR) is 86.9 cm³/mol. The summed E-state index contributed by atoms with van der Waals surface area (Å²) >= 11 is 0. The van der Waals surface area contributed by atoms with Gasteiger partial charge in [0.2, 0.25) is 5.91 Å². The van der Waals surface area contributed by atoms with Gasteiger partial charge < -0.3 is 14.8 Å². The van der Waals surface area contributed by atoms with Crippen LogP contribution in [0.3, 0.4) is 0 Å². The molecule has 24 heavy (non-hydrogen) atoms. The molecular formula is C18H17F2NO3. The van der Waals surface area contributed by atoms with Crippen molar-refractivity contribution in [3.05, 3.63) is 65.7 Å². The quantitative estimate of drug-likeness (QED) is 0.787. The van der Waals surface area contributed by atoms with E-state index in [1.807, 2.05) is 24.3 Å². The van der Waals surface area contributed by atoms with Crippen LogP contribution in [0.25, 0.3) is 6.08 Å². The third kappa shape index (κ3) is 5.72. The number of carbonyl (C=O) groups excluding carboxylic acids is 1. The zero-order chi connectivity index (χ0) is 17.4. The van der Waals surface area contributed by atoms with Gasteiger partial charge in [0.05, 0.1) is 7.11 Å². The first-order valence-electron chi connectivity index (χ1n) is 7.20. The molecule has 0 aliphatic heterocycles. The molecule has 0 saturated carbocycles. The zero-order valence-corrected chi connectivity index (χ0v) is 13.0. The number of carbonyl (C=O) groups is 1. The van der Waals surface area contributed by atoms with Crippen LogP contribution in [0, 0.1) is 0 Å². The molecule has 0 atom stereocenters. The van der Waals surface area contributed by atoms with E-state index in [-0.39, 0.29) is 11.7 Å². The zero-order valence-electron chi connectivity index (χ0n) is 13.0. The third-order valence-corrected chi connectivity index (χ3v) is 3.13. The fourth-order valence-electron chi connectivity index (χ4n) is 1.96. The SMILES string of the molecule is COc1cccc(CNC(=O)/C=C/c2ccc(OC(F)F)cc2)c1. The normalized spacial score (nSPS) is 10.8. The van der Waals surface area contributed by atoms with Gasteiger partial charge in [-0.3, -0.25) is 4.79 Å². The van der Waals surface area contributed by atoms with Crippen LogP contribution in [-0.2, 0) is 11.3 Å². The maximum Gasteiger partial charge on any atom is 0.387 e. The molecule has 0 aromatic heterocycles. The van der Waals surface area contributed by atoms with Gasteiger partial charge in [0.25, 0.3) is 0 Å². The summed E-state index contributed by atoms with van der Waals surface area (Å²) in [7, 11) is 1.58. The maximum absolute atomic E-state index is 12.1. The average molecular weight is 333 g/mol. The van der Waals surface area contributed by atoms with Crippen molar-refractivity contribution in [2.45, 2.75) is 13.2 Å². The molecule has 4 nitrogen and oxygen atoms in total. The lowest BCUT2D eigenvalue weighted by molar-refractivity contribution is -0.116. The van der Waals surface area contributed by atoms with Crippen molar-refractivity contribution in [1.82, 2.24) is 5.32 Å². The summed E-state index contributed by atoms with van der Waals surface area (Å²) in [6.07, 6.45) is 2.97. The highest BCUT2D eigenvalue weighted by Crippen LogP contribution is 2.15. The Kier molecular flexibility index (Phi) is 6.31. The topological polar surface area (TPSA) is 47.6 Å². The second-order valence-corrected chi connectivity index (χ2v) is 4.85. The summed E-state index contributed by atoms with van der Waals surface area (Å²) in [5, 5.41) is 2.75. The summed E-state index contributed by atoms with van der Waals surface area (Å²) in [6, 6.07) is 13.4. The Bertz CT molecular complexity index is 700. The van der Waals surface area contributed by atoms with Gasteiger partial charge in [0.1, 0.15) is 11.5 Å². The van der Waals surface area contributed by atoms with Crippen molar-refractivity contribution in [2.75, 3.05) is 7.11 Å². The summed E-state index contributed by atoms with van der Waals surface area (Å²) in [5.74, 6) is 0.541. The lowest BCUT2D eigenvalue weighted by Gasteiger charge is -2.05. The Balaban J connectivity index is 1.86. The second kappa shape index (κ2) is 8.67. The highest BCUT2D eigenvalue weighted by molar-refractivity contribution is 5.91. The fourth-order valence-corrected chi connectivity index (χ4v) is 1.96. The van der Waals surface area contributed by atoms with Crippen molar-refractivity contribution >= 4 is 12.0 Å². The molecule has 0 spiro atoms. The molecule has 2 aromatic rings. The highest BCUT2D eigenvalue weighted by Gasteiger charge is 2.03. The van der Waals surface area contributed by atoms with E-state index in [9.17, 15) is 13.6 Å². The summed E-state index contributed by atoms with van der Waals surface area (Å²) in [4.78, 5) is 11.8. The van der Waals surface area contributed by atoms with Crippen LogP contribution in [0.15, 0.2) is 54.6 Å². The van der Waals surface area contributed by atoms with Crippen LogP contribution in [-0.4, -0.2) is 19.6 Å². The molecule has 0 radical (unpaired) electrons. The molecule has 0 aliphatic rings. The Labute approximate surface area is 138 Å². The number of ether oxygens (including phenoxy) is 2. The van der Waals surface area contributed by atoms with Crippen molar-refractivity contribution < 1.29 is 23.0 Å². The molecule has 6 heteroatoms. The van der Waals surface area contributed by atoms with Crippen LogP contribution < -0.4 is 14.8 Å². The third-order valence-electron chi connectivity index (χ3n) is 3.13. The second-order valence-electron chi connectivity index (χ2n) is 4.85. The van der Waals surface area contributed by atoms with Gasteiger partial charge in [-0.2, -0.15) is 8.78 Å². The number of methoxy groups -OCH3 is 1. The Hall–Kier alpha value is -2.89. The molecule has 0 fully saturated rings. The van der Waals surface area contributed by atoms with E-state index >= 15 is 0 Å². The van der Waals surface area contributed by atoms with Crippen LogP contribution in [0.4, 0.5) is 8.78 Å². The minimum atomic E-state index is -2.85. The monoisotopic (exact) mass is 333 g/mol. The van der Waals surface area contributed by atoms with E-state index in [4.69, 9.17) is 4.74 Å². The summed E-state index contributed by atoms with van der Waals surface area (Å²) in [5.41, 5.74) is 1.62. The molecule has 1 N–H and O–H groups in total. The Morgan fingerprint density at radius 3 is 2.58 bits per heavy atom. The molecule has 126 valence electrons. The van der Waals surface area contributed by atoms with Crippen molar-refractivity contribution in [2.24, 2.45) is 0 Å². The first-order chi connectivity index (χ1) is 11.6. The van der Waals surface area contributed by atoms with E-state index in [2.05, 4.69) is 10.1 Å². The van der Waals surface area contributed by atoms with Crippen LogP contribution in [0.1, 0.15) is 11.1 Å². The van der Waals surface area contributed by atoms with Gasteiger partial charge in [-0.1, -0.05) is 24.3 Å². The van der Waals surface area contributed by atoms with E-state index < -0.39 is 6.61 Å². The number of benzene rings is 2. The number of alkyl halides is 2.